The maximum atomic E-state index is 12.8. The van der Waals surface area contributed by atoms with Crippen LogP contribution in [0.3, 0.4) is 0 Å². The highest BCUT2D eigenvalue weighted by Gasteiger charge is 2.33. The Morgan fingerprint density at radius 2 is 1.91 bits per heavy atom. The van der Waals surface area contributed by atoms with Gasteiger partial charge in [-0.3, -0.25) is 4.79 Å². The predicted molar refractivity (Wildman–Crippen MR) is 80.0 cm³/mol. The number of alkyl halides is 3. The van der Waals surface area contributed by atoms with Crippen molar-refractivity contribution in [3.8, 4) is 0 Å². The van der Waals surface area contributed by atoms with Gasteiger partial charge in [0, 0.05) is 16.9 Å². The zero-order valence-corrected chi connectivity index (χ0v) is 12.2. The first-order valence-electron chi connectivity index (χ1n) is 6.23. The number of halogens is 4. The summed E-state index contributed by atoms with van der Waals surface area (Å²) in [7, 11) is 0. The fourth-order valence-corrected chi connectivity index (χ4v) is 2.14. The minimum Gasteiger partial charge on any atom is -0.398 e. The van der Waals surface area contributed by atoms with Gasteiger partial charge in [-0.2, -0.15) is 13.2 Å². The normalized spacial score (nSPS) is 11.3. The smallest absolute Gasteiger partial charge is 0.398 e. The molecule has 0 heterocycles. The Bertz CT molecular complexity index is 729. The number of carbonyl (C=O) groups excluding carboxylic acids is 1. The van der Waals surface area contributed by atoms with Crippen molar-refractivity contribution in [3.05, 3.63) is 58.1 Å². The summed E-state index contributed by atoms with van der Waals surface area (Å²) in [6, 6.07) is 7.96. The van der Waals surface area contributed by atoms with E-state index >= 15 is 0 Å². The van der Waals surface area contributed by atoms with Crippen molar-refractivity contribution in [2.75, 3.05) is 11.1 Å². The molecule has 7 heteroatoms. The second-order valence-electron chi connectivity index (χ2n) is 4.67. The average Bonchev–Trinajstić information content (AvgIpc) is 2.42. The van der Waals surface area contributed by atoms with Crippen LogP contribution in [0.5, 0.6) is 0 Å². The summed E-state index contributed by atoms with van der Waals surface area (Å²) in [5.41, 5.74) is 5.99. The monoisotopic (exact) mass is 328 g/mol. The Balaban J connectivity index is 2.31. The molecule has 2 aromatic rings. The molecule has 0 spiro atoms. The summed E-state index contributed by atoms with van der Waals surface area (Å²) < 4.78 is 38.4. The first-order chi connectivity index (χ1) is 10.2. The number of hydrogen-bond acceptors (Lipinski definition) is 2. The van der Waals surface area contributed by atoms with Gasteiger partial charge < -0.3 is 11.1 Å². The number of nitrogen functional groups attached to an aromatic ring is 1. The number of benzene rings is 2. The lowest BCUT2D eigenvalue weighted by Crippen LogP contribution is -2.15. The van der Waals surface area contributed by atoms with E-state index in [9.17, 15) is 18.0 Å². The topological polar surface area (TPSA) is 55.1 Å². The van der Waals surface area contributed by atoms with Gasteiger partial charge in [-0.25, -0.2) is 0 Å². The number of rotatable bonds is 2. The van der Waals surface area contributed by atoms with E-state index in [1.165, 1.54) is 6.07 Å². The number of hydrogen-bond donors (Lipinski definition) is 2. The van der Waals surface area contributed by atoms with E-state index in [0.29, 0.717) is 16.8 Å². The van der Waals surface area contributed by atoms with E-state index in [4.69, 9.17) is 17.3 Å². The molecular weight excluding hydrogens is 317 g/mol. The second-order valence-corrected chi connectivity index (χ2v) is 5.07. The number of anilines is 2. The maximum absolute atomic E-state index is 12.8. The van der Waals surface area contributed by atoms with Crippen LogP contribution < -0.4 is 11.1 Å². The van der Waals surface area contributed by atoms with Gasteiger partial charge in [0.25, 0.3) is 5.91 Å². The van der Waals surface area contributed by atoms with E-state index in [0.717, 1.165) is 12.1 Å². The third kappa shape index (κ3) is 3.33. The van der Waals surface area contributed by atoms with Gasteiger partial charge in [0.1, 0.15) is 0 Å². The van der Waals surface area contributed by atoms with Gasteiger partial charge in [0.2, 0.25) is 0 Å². The van der Waals surface area contributed by atoms with Crippen molar-refractivity contribution in [2.24, 2.45) is 0 Å². The fourth-order valence-electron chi connectivity index (χ4n) is 1.92. The first-order valence-corrected chi connectivity index (χ1v) is 6.61. The molecule has 1 amide bonds. The molecule has 116 valence electrons. The van der Waals surface area contributed by atoms with Gasteiger partial charge in [-0.15, -0.1) is 0 Å². The molecule has 3 N–H and O–H groups in total. The highest BCUT2D eigenvalue weighted by Crippen LogP contribution is 2.36. The molecule has 0 saturated carbocycles. The summed E-state index contributed by atoms with van der Waals surface area (Å²) in [5.74, 6) is -0.541. The highest BCUT2D eigenvalue weighted by atomic mass is 35.5. The standard InChI is InChI=1S/C15H12ClF3N2O/c1-8-10(3-2-4-13(8)20)14(22)21-9-5-6-12(16)11(7-9)15(17,18)19/h2-7H,20H2,1H3,(H,21,22). The predicted octanol–water partition coefficient (Wildman–Crippen LogP) is 4.50. The molecule has 0 unspecified atom stereocenters. The quantitative estimate of drug-likeness (QED) is 0.797. The molecule has 0 fully saturated rings. The van der Waals surface area contributed by atoms with E-state index in [1.807, 2.05) is 0 Å². The van der Waals surface area contributed by atoms with Crippen LogP contribution in [0, 0.1) is 6.92 Å². The van der Waals surface area contributed by atoms with Crippen LogP contribution in [0.2, 0.25) is 5.02 Å². The Kier molecular flexibility index (Phi) is 4.32. The molecule has 0 atom stereocenters. The molecule has 3 nitrogen and oxygen atoms in total. The Labute approximate surface area is 129 Å². The molecule has 0 aliphatic heterocycles. The van der Waals surface area contributed by atoms with E-state index < -0.39 is 22.7 Å². The summed E-state index contributed by atoms with van der Waals surface area (Å²) in [4.78, 5) is 12.2. The zero-order valence-electron chi connectivity index (χ0n) is 11.5. The SMILES string of the molecule is Cc1c(N)cccc1C(=O)Nc1ccc(Cl)c(C(F)(F)F)c1. The Hall–Kier alpha value is -2.21. The van der Waals surface area contributed by atoms with Crippen molar-refractivity contribution in [1.29, 1.82) is 0 Å². The number of carbonyl (C=O) groups is 1. The largest absolute Gasteiger partial charge is 0.417 e. The summed E-state index contributed by atoms with van der Waals surface area (Å²) in [6.07, 6.45) is -4.59. The fraction of sp³-hybridized carbons (Fsp3) is 0.133. The molecule has 0 aliphatic carbocycles. The lowest BCUT2D eigenvalue weighted by atomic mass is 10.1. The third-order valence-corrected chi connectivity index (χ3v) is 3.48. The van der Waals surface area contributed by atoms with Crippen LogP contribution >= 0.6 is 11.6 Å². The molecule has 0 saturated heterocycles. The van der Waals surface area contributed by atoms with Gasteiger partial charge in [-0.1, -0.05) is 17.7 Å². The molecule has 22 heavy (non-hydrogen) atoms. The van der Waals surface area contributed by atoms with Crippen LogP contribution in [0.4, 0.5) is 24.5 Å². The average molecular weight is 329 g/mol. The molecule has 0 bridgehead atoms. The van der Waals surface area contributed by atoms with Gasteiger partial charge in [0.05, 0.1) is 10.6 Å². The lowest BCUT2D eigenvalue weighted by molar-refractivity contribution is -0.137. The minimum atomic E-state index is -4.59. The number of nitrogens with two attached hydrogens (primary N) is 1. The number of nitrogens with one attached hydrogen (secondary N) is 1. The molecule has 2 rings (SSSR count). The summed E-state index contributed by atoms with van der Waals surface area (Å²) >= 11 is 5.53. The van der Waals surface area contributed by atoms with E-state index in [-0.39, 0.29) is 5.69 Å². The first kappa shape index (κ1) is 16.2. The van der Waals surface area contributed by atoms with E-state index in [1.54, 1.807) is 25.1 Å². The van der Waals surface area contributed by atoms with Crippen LogP contribution in [0.1, 0.15) is 21.5 Å². The highest BCUT2D eigenvalue weighted by molar-refractivity contribution is 6.31. The maximum Gasteiger partial charge on any atom is 0.417 e. The van der Waals surface area contributed by atoms with Crippen molar-refractivity contribution >= 4 is 28.9 Å². The van der Waals surface area contributed by atoms with Crippen molar-refractivity contribution in [1.82, 2.24) is 0 Å². The Morgan fingerprint density at radius 1 is 1.23 bits per heavy atom. The van der Waals surface area contributed by atoms with Gasteiger partial charge in [-0.05, 0) is 42.8 Å². The number of amides is 1. The zero-order chi connectivity index (χ0) is 16.5. The van der Waals surface area contributed by atoms with Crippen molar-refractivity contribution < 1.29 is 18.0 Å². The van der Waals surface area contributed by atoms with Crippen molar-refractivity contribution in [3.63, 3.8) is 0 Å². The van der Waals surface area contributed by atoms with Crippen LogP contribution in [0.25, 0.3) is 0 Å². The molecular formula is C15H12ClF3N2O. The van der Waals surface area contributed by atoms with Crippen LogP contribution in [-0.4, -0.2) is 5.91 Å². The van der Waals surface area contributed by atoms with E-state index in [2.05, 4.69) is 5.32 Å². The molecule has 0 radical (unpaired) electrons. The second kappa shape index (κ2) is 5.88. The van der Waals surface area contributed by atoms with Crippen LogP contribution in [-0.2, 0) is 6.18 Å². The summed E-state index contributed by atoms with van der Waals surface area (Å²) in [5, 5.41) is 1.99. The van der Waals surface area contributed by atoms with Crippen molar-refractivity contribution in [2.45, 2.75) is 13.1 Å². The molecule has 0 aromatic heterocycles. The van der Waals surface area contributed by atoms with Gasteiger partial charge in [0.15, 0.2) is 0 Å². The molecule has 2 aromatic carbocycles. The molecule has 0 aliphatic rings. The Morgan fingerprint density at radius 3 is 2.55 bits per heavy atom. The van der Waals surface area contributed by atoms with Gasteiger partial charge >= 0.3 is 6.18 Å². The van der Waals surface area contributed by atoms with Crippen LogP contribution in [0.15, 0.2) is 36.4 Å². The lowest BCUT2D eigenvalue weighted by Gasteiger charge is -2.13. The third-order valence-electron chi connectivity index (χ3n) is 3.15. The summed E-state index contributed by atoms with van der Waals surface area (Å²) in [6.45, 7) is 1.66. The minimum absolute atomic E-state index is 0.00329.